The fourth-order valence-electron chi connectivity index (χ4n) is 2.55. The monoisotopic (exact) mass is 298 g/mol. The predicted molar refractivity (Wildman–Crippen MR) is 82.4 cm³/mol. The van der Waals surface area contributed by atoms with Gasteiger partial charge in [-0.05, 0) is 50.7 Å². The first-order valence-electron chi connectivity index (χ1n) is 6.80. The highest BCUT2D eigenvalue weighted by Crippen LogP contribution is 2.15. The molecule has 1 N–H and O–H groups in total. The summed E-state index contributed by atoms with van der Waals surface area (Å²) in [6, 6.07) is 8.36. The standard InChI is InChI=1S/C15H22N2O2.ClH/c1-16-14-6-8-17(9-7-14)11-12-4-3-5-13(10-12)15(18)19-2;/h3-5,10,14,16H,6-9,11H2,1-2H3;1H. The van der Waals surface area contributed by atoms with Crippen molar-refractivity contribution in [1.82, 2.24) is 10.2 Å². The zero-order chi connectivity index (χ0) is 13.7. The van der Waals surface area contributed by atoms with Crippen molar-refractivity contribution >= 4 is 18.4 Å². The Kier molecular flexibility index (Phi) is 6.99. The van der Waals surface area contributed by atoms with Gasteiger partial charge in [0.15, 0.2) is 0 Å². The van der Waals surface area contributed by atoms with Crippen LogP contribution in [0.15, 0.2) is 24.3 Å². The van der Waals surface area contributed by atoms with Crippen LogP contribution in [0.25, 0.3) is 0 Å². The molecular formula is C15H23ClN2O2. The minimum Gasteiger partial charge on any atom is -0.465 e. The van der Waals surface area contributed by atoms with Crippen molar-refractivity contribution in [2.45, 2.75) is 25.4 Å². The van der Waals surface area contributed by atoms with Gasteiger partial charge in [0.2, 0.25) is 0 Å². The number of nitrogens with one attached hydrogen (secondary N) is 1. The van der Waals surface area contributed by atoms with Gasteiger partial charge in [0.25, 0.3) is 0 Å². The zero-order valence-corrected chi connectivity index (χ0v) is 12.9. The van der Waals surface area contributed by atoms with Gasteiger partial charge in [-0.3, -0.25) is 4.90 Å². The van der Waals surface area contributed by atoms with Crippen LogP contribution in [0.1, 0.15) is 28.8 Å². The van der Waals surface area contributed by atoms with Crippen LogP contribution >= 0.6 is 12.4 Å². The molecule has 1 aromatic carbocycles. The normalized spacial score (nSPS) is 16.5. The number of nitrogens with zero attached hydrogens (tertiary/aromatic N) is 1. The number of rotatable bonds is 4. The van der Waals surface area contributed by atoms with Crippen LogP contribution in [0, 0.1) is 0 Å². The first-order valence-corrected chi connectivity index (χ1v) is 6.80. The van der Waals surface area contributed by atoms with E-state index in [1.165, 1.54) is 25.5 Å². The highest BCUT2D eigenvalue weighted by Gasteiger charge is 2.17. The molecule has 1 heterocycles. The summed E-state index contributed by atoms with van der Waals surface area (Å²) < 4.78 is 4.75. The van der Waals surface area contributed by atoms with E-state index in [9.17, 15) is 4.79 Å². The Hall–Kier alpha value is -1.10. The van der Waals surface area contributed by atoms with Gasteiger partial charge in [-0.25, -0.2) is 4.79 Å². The van der Waals surface area contributed by atoms with Crippen molar-refractivity contribution in [2.75, 3.05) is 27.2 Å². The average molecular weight is 299 g/mol. The third kappa shape index (κ3) is 4.47. The molecule has 0 radical (unpaired) electrons. The van der Waals surface area contributed by atoms with E-state index < -0.39 is 0 Å². The molecule has 1 saturated heterocycles. The van der Waals surface area contributed by atoms with Gasteiger partial charge in [-0.1, -0.05) is 12.1 Å². The van der Waals surface area contributed by atoms with E-state index in [4.69, 9.17) is 4.74 Å². The minimum atomic E-state index is -0.268. The van der Waals surface area contributed by atoms with Crippen LogP contribution in [-0.4, -0.2) is 44.2 Å². The second-order valence-corrected chi connectivity index (χ2v) is 5.03. The number of carbonyl (C=O) groups is 1. The number of esters is 1. The first kappa shape index (κ1) is 17.0. The molecule has 0 spiro atoms. The van der Waals surface area contributed by atoms with E-state index in [1.807, 2.05) is 19.2 Å². The second kappa shape index (κ2) is 8.25. The lowest BCUT2D eigenvalue weighted by atomic mass is 10.0. The third-order valence-corrected chi connectivity index (χ3v) is 3.75. The van der Waals surface area contributed by atoms with E-state index in [2.05, 4.69) is 16.3 Å². The molecule has 0 aromatic heterocycles. The van der Waals surface area contributed by atoms with Crippen molar-refractivity contribution in [3.05, 3.63) is 35.4 Å². The SMILES string of the molecule is CNC1CCN(Cc2cccc(C(=O)OC)c2)CC1.Cl. The highest BCUT2D eigenvalue weighted by atomic mass is 35.5. The zero-order valence-electron chi connectivity index (χ0n) is 12.1. The summed E-state index contributed by atoms with van der Waals surface area (Å²) in [6.45, 7) is 3.11. The Bertz CT molecular complexity index is 432. The molecule has 1 aromatic rings. The van der Waals surface area contributed by atoms with Gasteiger partial charge in [-0.2, -0.15) is 0 Å². The molecular weight excluding hydrogens is 276 g/mol. The van der Waals surface area contributed by atoms with Gasteiger partial charge >= 0.3 is 5.97 Å². The number of likely N-dealkylation sites (tertiary alicyclic amines) is 1. The van der Waals surface area contributed by atoms with E-state index in [-0.39, 0.29) is 18.4 Å². The maximum absolute atomic E-state index is 11.5. The second-order valence-electron chi connectivity index (χ2n) is 5.03. The summed E-state index contributed by atoms with van der Waals surface area (Å²) in [5.74, 6) is -0.268. The maximum Gasteiger partial charge on any atom is 0.337 e. The number of hydrogen-bond donors (Lipinski definition) is 1. The quantitative estimate of drug-likeness (QED) is 0.864. The molecule has 0 bridgehead atoms. The summed E-state index contributed by atoms with van der Waals surface area (Å²) in [6.07, 6.45) is 2.38. The summed E-state index contributed by atoms with van der Waals surface area (Å²) in [5.41, 5.74) is 1.80. The Labute approximate surface area is 126 Å². The van der Waals surface area contributed by atoms with E-state index in [0.717, 1.165) is 19.6 Å². The molecule has 0 saturated carbocycles. The lowest BCUT2D eigenvalue weighted by Crippen LogP contribution is -2.40. The van der Waals surface area contributed by atoms with E-state index >= 15 is 0 Å². The van der Waals surface area contributed by atoms with Crippen molar-refractivity contribution in [3.8, 4) is 0 Å². The van der Waals surface area contributed by atoms with Crippen molar-refractivity contribution < 1.29 is 9.53 Å². The van der Waals surface area contributed by atoms with E-state index in [0.29, 0.717) is 11.6 Å². The van der Waals surface area contributed by atoms with Crippen LogP contribution in [0.3, 0.4) is 0 Å². The van der Waals surface area contributed by atoms with Crippen molar-refractivity contribution in [1.29, 1.82) is 0 Å². The molecule has 0 aliphatic carbocycles. The Morgan fingerprint density at radius 2 is 2.10 bits per heavy atom. The molecule has 112 valence electrons. The van der Waals surface area contributed by atoms with Crippen LogP contribution < -0.4 is 5.32 Å². The van der Waals surface area contributed by atoms with Crippen LogP contribution in [0.2, 0.25) is 0 Å². The topological polar surface area (TPSA) is 41.6 Å². The average Bonchev–Trinajstić information content (AvgIpc) is 2.47. The molecule has 2 rings (SSSR count). The number of methoxy groups -OCH3 is 1. The van der Waals surface area contributed by atoms with E-state index in [1.54, 1.807) is 6.07 Å². The largest absolute Gasteiger partial charge is 0.465 e. The summed E-state index contributed by atoms with van der Waals surface area (Å²) in [7, 11) is 3.44. The number of halogens is 1. The van der Waals surface area contributed by atoms with Gasteiger partial charge in [0.1, 0.15) is 0 Å². The van der Waals surface area contributed by atoms with Gasteiger partial charge < -0.3 is 10.1 Å². The van der Waals surface area contributed by atoms with Gasteiger partial charge in [0.05, 0.1) is 12.7 Å². The fraction of sp³-hybridized carbons (Fsp3) is 0.533. The Morgan fingerprint density at radius 1 is 1.40 bits per heavy atom. The fourth-order valence-corrected chi connectivity index (χ4v) is 2.55. The summed E-state index contributed by atoms with van der Waals surface area (Å²) in [4.78, 5) is 13.9. The highest BCUT2D eigenvalue weighted by molar-refractivity contribution is 5.89. The molecule has 0 atom stereocenters. The molecule has 5 heteroatoms. The maximum atomic E-state index is 11.5. The van der Waals surface area contributed by atoms with Crippen molar-refractivity contribution in [2.24, 2.45) is 0 Å². The number of carbonyl (C=O) groups excluding carboxylic acids is 1. The summed E-state index contributed by atoms with van der Waals surface area (Å²) in [5, 5.41) is 3.33. The number of piperidine rings is 1. The van der Waals surface area contributed by atoms with Gasteiger partial charge in [0, 0.05) is 12.6 Å². The molecule has 0 unspecified atom stereocenters. The lowest BCUT2D eigenvalue weighted by molar-refractivity contribution is 0.0600. The van der Waals surface area contributed by atoms with Crippen LogP contribution in [0.4, 0.5) is 0 Å². The third-order valence-electron chi connectivity index (χ3n) is 3.75. The van der Waals surface area contributed by atoms with Gasteiger partial charge in [-0.15, -0.1) is 12.4 Å². The molecule has 20 heavy (non-hydrogen) atoms. The number of benzene rings is 1. The smallest absolute Gasteiger partial charge is 0.337 e. The number of hydrogen-bond acceptors (Lipinski definition) is 4. The molecule has 1 aliphatic heterocycles. The molecule has 1 fully saturated rings. The molecule has 4 nitrogen and oxygen atoms in total. The Balaban J connectivity index is 0.00000200. The molecule has 1 aliphatic rings. The first-order chi connectivity index (χ1) is 9.22. The number of ether oxygens (including phenoxy) is 1. The van der Waals surface area contributed by atoms with Crippen LogP contribution in [-0.2, 0) is 11.3 Å². The lowest BCUT2D eigenvalue weighted by Gasteiger charge is -2.31. The predicted octanol–water partition coefficient (Wildman–Crippen LogP) is 2.08. The Morgan fingerprint density at radius 3 is 2.70 bits per heavy atom. The molecule has 0 amide bonds. The minimum absolute atomic E-state index is 0. The van der Waals surface area contributed by atoms with Crippen LogP contribution in [0.5, 0.6) is 0 Å². The summed E-state index contributed by atoms with van der Waals surface area (Å²) >= 11 is 0. The van der Waals surface area contributed by atoms with Crippen molar-refractivity contribution in [3.63, 3.8) is 0 Å².